The van der Waals surface area contributed by atoms with Gasteiger partial charge in [0.2, 0.25) is 10.0 Å². The molecule has 0 aromatic heterocycles. The Morgan fingerprint density at radius 2 is 1.92 bits per heavy atom. The Balaban J connectivity index is 1.83. The second kappa shape index (κ2) is 7.66. The smallest absolute Gasteiger partial charge is 0.207 e. The van der Waals surface area contributed by atoms with Crippen molar-refractivity contribution >= 4 is 33.4 Å². The molecule has 1 fully saturated rings. The fourth-order valence-corrected chi connectivity index (χ4v) is 6.28. The molecule has 0 aliphatic carbocycles. The predicted octanol–water partition coefficient (Wildman–Crippen LogP) is 4.66. The SMILES string of the molecule is Cc1c(Cl)cccc1S(=O)(=O)N1CCSC(c2ccccc2F)CC1. The van der Waals surface area contributed by atoms with Gasteiger partial charge in [-0.1, -0.05) is 35.9 Å². The minimum Gasteiger partial charge on any atom is -0.207 e. The van der Waals surface area contributed by atoms with Gasteiger partial charge in [0.25, 0.3) is 0 Å². The summed E-state index contributed by atoms with van der Waals surface area (Å²) in [6.07, 6.45) is 0.574. The van der Waals surface area contributed by atoms with E-state index in [1.165, 1.54) is 10.4 Å². The zero-order valence-electron chi connectivity index (χ0n) is 13.8. The van der Waals surface area contributed by atoms with Gasteiger partial charge in [-0.15, -0.1) is 0 Å². The molecule has 2 aromatic rings. The van der Waals surface area contributed by atoms with Crippen molar-refractivity contribution in [2.24, 2.45) is 0 Å². The summed E-state index contributed by atoms with van der Waals surface area (Å²) in [6, 6.07) is 11.6. The van der Waals surface area contributed by atoms with Crippen LogP contribution in [0.4, 0.5) is 4.39 Å². The third kappa shape index (κ3) is 3.87. The van der Waals surface area contributed by atoms with E-state index in [0.717, 1.165) is 0 Å². The van der Waals surface area contributed by atoms with Crippen molar-refractivity contribution in [1.82, 2.24) is 4.31 Å². The van der Waals surface area contributed by atoms with Gasteiger partial charge in [0.15, 0.2) is 0 Å². The fraction of sp³-hybridized carbons (Fsp3) is 0.333. The maximum absolute atomic E-state index is 14.0. The summed E-state index contributed by atoms with van der Waals surface area (Å²) < 4.78 is 41.5. The number of sulfonamides is 1. The van der Waals surface area contributed by atoms with E-state index in [4.69, 9.17) is 11.6 Å². The summed E-state index contributed by atoms with van der Waals surface area (Å²) in [5, 5.41) is 0.399. The molecule has 3 nitrogen and oxygen atoms in total. The van der Waals surface area contributed by atoms with Crippen LogP contribution in [-0.2, 0) is 10.0 Å². The van der Waals surface area contributed by atoms with Crippen LogP contribution < -0.4 is 0 Å². The number of halogens is 2. The van der Waals surface area contributed by atoms with E-state index in [1.54, 1.807) is 49.0 Å². The summed E-state index contributed by atoms with van der Waals surface area (Å²) >= 11 is 7.68. The molecule has 2 aromatic carbocycles. The number of rotatable bonds is 3. The molecule has 7 heteroatoms. The first-order chi connectivity index (χ1) is 11.9. The zero-order chi connectivity index (χ0) is 18.0. The molecule has 0 spiro atoms. The average Bonchev–Trinajstić information content (AvgIpc) is 2.84. The van der Waals surface area contributed by atoms with E-state index >= 15 is 0 Å². The van der Waals surface area contributed by atoms with Crippen molar-refractivity contribution in [3.8, 4) is 0 Å². The molecule has 1 atom stereocenters. The monoisotopic (exact) mass is 399 g/mol. The summed E-state index contributed by atoms with van der Waals surface area (Å²) in [4.78, 5) is 0.245. The number of nitrogens with zero attached hydrogens (tertiary/aromatic N) is 1. The maximum atomic E-state index is 14.0. The summed E-state index contributed by atoms with van der Waals surface area (Å²) in [5.74, 6) is 0.389. The third-order valence-electron chi connectivity index (χ3n) is 4.39. The highest BCUT2D eigenvalue weighted by Crippen LogP contribution is 2.37. The largest absolute Gasteiger partial charge is 0.243 e. The maximum Gasteiger partial charge on any atom is 0.243 e. The summed E-state index contributed by atoms with van der Waals surface area (Å²) in [6.45, 7) is 2.48. The van der Waals surface area contributed by atoms with Crippen molar-refractivity contribution in [2.75, 3.05) is 18.8 Å². The number of hydrogen-bond donors (Lipinski definition) is 0. The van der Waals surface area contributed by atoms with Crippen LogP contribution >= 0.6 is 23.4 Å². The van der Waals surface area contributed by atoms with Crippen LogP contribution in [-0.4, -0.2) is 31.6 Å². The molecule has 0 N–H and O–H groups in total. The molecule has 1 aliphatic rings. The van der Waals surface area contributed by atoms with E-state index in [-0.39, 0.29) is 16.0 Å². The normalized spacial score (nSPS) is 19.6. The second-order valence-corrected chi connectivity index (χ2v) is 9.56. The Bertz CT molecular complexity index is 873. The van der Waals surface area contributed by atoms with Crippen LogP contribution in [0.2, 0.25) is 5.02 Å². The first-order valence-corrected chi connectivity index (χ1v) is 10.9. The average molecular weight is 400 g/mol. The van der Waals surface area contributed by atoms with E-state index in [9.17, 15) is 12.8 Å². The van der Waals surface area contributed by atoms with Gasteiger partial charge in [0.1, 0.15) is 5.82 Å². The lowest BCUT2D eigenvalue weighted by molar-refractivity contribution is 0.426. The van der Waals surface area contributed by atoms with Crippen LogP contribution in [0, 0.1) is 12.7 Å². The van der Waals surface area contributed by atoms with Gasteiger partial charge in [-0.25, -0.2) is 12.8 Å². The highest BCUT2D eigenvalue weighted by Gasteiger charge is 2.30. The van der Waals surface area contributed by atoms with Gasteiger partial charge in [-0.05, 0) is 37.1 Å². The zero-order valence-corrected chi connectivity index (χ0v) is 16.2. The van der Waals surface area contributed by atoms with E-state index < -0.39 is 10.0 Å². The molecule has 25 heavy (non-hydrogen) atoms. The van der Waals surface area contributed by atoms with Crippen LogP contribution in [0.5, 0.6) is 0 Å². The van der Waals surface area contributed by atoms with Gasteiger partial charge >= 0.3 is 0 Å². The van der Waals surface area contributed by atoms with Crippen LogP contribution in [0.3, 0.4) is 0 Å². The minimum atomic E-state index is -3.61. The molecular formula is C18H19ClFNO2S2. The molecule has 1 aliphatic heterocycles. The molecule has 1 heterocycles. The van der Waals surface area contributed by atoms with Crippen molar-refractivity contribution in [3.63, 3.8) is 0 Å². The van der Waals surface area contributed by atoms with Gasteiger partial charge in [0.05, 0.1) is 4.90 Å². The Morgan fingerprint density at radius 1 is 1.16 bits per heavy atom. The Labute approximate surface area is 157 Å². The molecule has 0 saturated carbocycles. The predicted molar refractivity (Wildman–Crippen MR) is 101 cm³/mol. The highest BCUT2D eigenvalue weighted by atomic mass is 35.5. The Kier molecular flexibility index (Phi) is 5.73. The molecule has 0 radical (unpaired) electrons. The van der Waals surface area contributed by atoms with Crippen LogP contribution in [0.1, 0.15) is 22.8 Å². The van der Waals surface area contributed by atoms with Gasteiger partial charge in [-0.3, -0.25) is 0 Å². The quantitative estimate of drug-likeness (QED) is 0.753. The molecule has 3 rings (SSSR count). The topological polar surface area (TPSA) is 37.4 Å². The van der Waals surface area contributed by atoms with E-state index in [0.29, 0.717) is 41.4 Å². The van der Waals surface area contributed by atoms with Crippen molar-refractivity contribution in [1.29, 1.82) is 0 Å². The Hall–Kier alpha value is -1.08. The molecule has 1 unspecified atom stereocenters. The lowest BCUT2D eigenvalue weighted by atomic mass is 10.1. The number of thioether (sulfide) groups is 1. The molecule has 0 amide bonds. The molecule has 1 saturated heterocycles. The first kappa shape index (κ1) is 18.7. The fourth-order valence-electron chi connectivity index (χ4n) is 2.98. The summed E-state index contributed by atoms with van der Waals surface area (Å²) in [7, 11) is -3.61. The van der Waals surface area contributed by atoms with Gasteiger partial charge in [-0.2, -0.15) is 16.1 Å². The Morgan fingerprint density at radius 3 is 2.68 bits per heavy atom. The third-order valence-corrected chi connectivity index (χ3v) is 8.15. The molecule has 0 bridgehead atoms. The standard InChI is InChI=1S/C18H19ClFNO2S2/c1-13-15(19)6-4-8-18(13)25(22,23)21-10-9-17(24-12-11-21)14-5-2-3-7-16(14)20/h2-8,17H,9-12H2,1H3. The number of benzene rings is 2. The van der Waals surface area contributed by atoms with Crippen LogP contribution in [0.15, 0.2) is 47.4 Å². The lowest BCUT2D eigenvalue weighted by Gasteiger charge is -2.21. The first-order valence-electron chi connectivity index (χ1n) is 8.02. The van der Waals surface area contributed by atoms with Gasteiger partial charge in [0, 0.05) is 34.7 Å². The second-order valence-electron chi connectivity index (χ2n) is 5.94. The van der Waals surface area contributed by atoms with Crippen molar-refractivity contribution in [3.05, 3.63) is 64.4 Å². The van der Waals surface area contributed by atoms with Crippen molar-refractivity contribution in [2.45, 2.75) is 23.5 Å². The lowest BCUT2D eigenvalue weighted by Crippen LogP contribution is -2.33. The minimum absolute atomic E-state index is 0.0399. The van der Waals surface area contributed by atoms with Crippen molar-refractivity contribution < 1.29 is 12.8 Å². The highest BCUT2D eigenvalue weighted by molar-refractivity contribution is 7.99. The summed E-state index contributed by atoms with van der Waals surface area (Å²) in [5.41, 5.74) is 1.21. The molecular weight excluding hydrogens is 381 g/mol. The molecule has 134 valence electrons. The van der Waals surface area contributed by atoms with E-state index in [1.807, 2.05) is 6.07 Å². The number of hydrogen-bond acceptors (Lipinski definition) is 3. The van der Waals surface area contributed by atoms with Crippen LogP contribution in [0.25, 0.3) is 0 Å². The van der Waals surface area contributed by atoms with Gasteiger partial charge < -0.3 is 0 Å². The van der Waals surface area contributed by atoms with E-state index in [2.05, 4.69) is 0 Å².